The summed E-state index contributed by atoms with van der Waals surface area (Å²) in [5.41, 5.74) is 1.85. The molecular weight excluding hydrogens is 208 g/mol. The first kappa shape index (κ1) is 10.6. The molecule has 15 heavy (non-hydrogen) atoms. The lowest BCUT2D eigenvalue weighted by atomic mass is 9.81. The predicted octanol–water partition coefficient (Wildman–Crippen LogP) is 3.16. The van der Waals surface area contributed by atoms with Crippen molar-refractivity contribution in [3.05, 3.63) is 29.3 Å². The maximum atomic E-state index is 10.8. The quantitative estimate of drug-likeness (QED) is 0.793. The Balaban J connectivity index is 2.50. The van der Waals surface area contributed by atoms with Crippen molar-refractivity contribution in [3.63, 3.8) is 0 Å². The van der Waals surface area contributed by atoms with E-state index < -0.39 is 5.97 Å². The van der Waals surface area contributed by atoms with Crippen molar-refractivity contribution >= 4 is 17.7 Å². The predicted molar refractivity (Wildman–Crippen MR) is 61.8 cm³/mol. The van der Waals surface area contributed by atoms with Crippen molar-refractivity contribution in [3.8, 4) is 0 Å². The normalized spacial score (nSPS) is 18.3. The fourth-order valence-corrected chi connectivity index (χ4v) is 3.43. The minimum absolute atomic E-state index is 0.178. The standard InChI is InChI=1S/C12H14O2S/c1-12(2)5-6-15-10-7-8(11(13)14)3-4-9(10)12/h3-4,7H,5-6H2,1-2H3,(H,13,14). The molecule has 1 aromatic carbocycles. The molecule has 0 unspecified atom stereocenters. The van der Waals surface area contributed by atoms with Gasteiger partial charge in [0.25, 0.3) is 0 Å². The maximum absolute atomic E-state index is 10.8. The third kappa shape index (κ3) is 1.88. The zero-order chi connectivity index (χ0) is 11.1. The van der Waals surface area contributed by atoms with E-state index in [9.17, 15) is 4.79 Å². The topological polar surface area (TPSA) is 37.3 Å². The molecular formula is C12H14O2S. The van der Waals surface area contributed by atoms with Crippen LogP contribution in [0.15, 0.2) is 23.1 Å². The van der Waals surface area contributed by atoms with Crippen LogP contribution in [0.1, 0.15) is 36.2 Å². The first-order chi connectivity index (χ1) is 7.00. The van der Waals surface area contributed by atoms with E-state index in [4.69, 9.17) is 5.11 Å². The van der Waals surface area contributed by atoms with Crippen LogP contribution in [0, 0.1) is 0 Å². The number of hydrogen-bond donors (Lipinski definition) is 1. The number of carboxylic acid groups (broad SMARTS) is 1. The van der Waals surface area contributed by atoms with Gasteiger partial charge in [0.05, 0.1) is 5.56 Å². The molecule has 3 heteroatoms. The van der Waals surface area contributed by atoms with Gasteiger partial charge in [0.2, 0.25) is 0 Å². The van der Waals surface area contributed by atoms with E-state index in [0.29, 0.717) is 5.56 Å². The number of carboxylic acids is 1. The van der Waals surface area contributed by atoms with E-state index in [0.717, 1.165) is 17.1 Å². The molecule has 0 spiro atoms. The summed E-state index contributed by atoms with van der Waals surface area (Å²) < 4.78 is 0. The monoisotopic (exact) mass is 222 g/mol. The lowest BCUT2D eigenvalue weighted by molar-refractivity contribution is 0.0696. The van der Waals surface area contributed by atoms with Crippen molar-refractivity contribution in [2.24, 2.45) is 0 Å². The van der Waals surface area contributed by atoms with Gasteiger partial charge in [0.1, 0.15) is 0 Å². The molecule has 1 N–H and O–H groups in total. The lowest BCUT2D eigenvalue weighted by Gasteiger charge is -2.32. The molecule has 1 heterocycles. The second-order valence-corrected chi connectivity index (χ2v) is 5.64. The van der Waals surface area contributed by atoms with Crippen LogP contribution in [0.3, 0.4) is 0 Å². The molecule has 0 atom stereocenters. The van der Waals surface area contributed by atoms with Crippen LogP contribution >= 0.6 is 11.8 Å². The average Bonchev–Trinajstić information content (AvgIpc) is 2.16. The Kier molecular flexibility index (Phi) is 2.51. The van der Waals surface area contributed by atoms with Crippen LogP contribution in [0.5, 0.6) is 0 Å². The Morgan fingerprint density at radius 1 is 1.47 bits per heavy atom. The molecule has 0 fully saturated rings. The van der Waals surface area contributed by atoms with Crippen molar-refractivity contribution in [2.75, 3.05) is 5.75 Å². The summed E-state index contributed by atoms with van der Waals surface area (Å²) in [7, 11) is 0. The van der Waals surface area contributed by atoms with Crippen LogP contribution in [0.2, 0.25) is 0 Å². The summed E-state index contributed by atoms with van der Waals surface area (Å²) >= 11 is 1.76. The van der Waals surface area contributed by atoms with E-state index in [2.05, 4.69) is 13.8 Å². The molecule has 1 aliphatic heterocycles. The zero-order valence-corrected chi connectivity index (χ0v) is 9.73. The Bertz CT molecular complexity index is 410. The van der Waals surface area contributed by atoms with Gasteiger partial charge in [-0.1, -0.05) is 19.9 Å². The number of aromatic carboxylic acids is 1. The summed E-state index contributed by atoms with van der Waals surface area (Å²) in [5, 5.41) is 8.91. The molecule has 0 aromatic heterocycles. The van der Waals surface area contributed by atoms with E-state index >= 15 is 0 Å². The summed E-state index contributed by atoms with van der Waals surface area (Å²) in [6, 6.07) is 5.46. The highest BCUT2D eigenvalue weighted by Gasteiger charge is 2.28. The van der Waals surface area contributed by atoms with Crippen LogP contribution in [-0.4, -0.2) is 16.8 Å². The van der Waals surface area contributed by atoms with Crippen molar-refractivity contribution in [1.82, 2.24) is 0 Å². The van der Waals surface area contributed by atoms with Crippen molar-refractivity contribution in [1.29, 1.82) is 0 Å². The molecule has 2 rings (SSSR count). The van der Waals surface area contributed by atoms with E-state index in [1.54, 1.807) is 23.9 Å². The Hall–Kier alpha value is -0.960. The van der Waals surface area contributed by atoms with Gasteiger partial charge in [-0.05, 0) is 35.3 Å². The van der Waals surface area contributed by atoms with Gasteiger partial charge < -0.3 is 5.11 Å². The second kappa shape index (κ2) is 3.56. The van der Waals surface area contributed by atoms with Crippen molar-refractivity contribution in [2.45, 2.75) is 30.6 Å². The van der Waals surface area contributed by atoms with Crippen LogP contribution in [0.4, 0.5) is 0 Å². The molecule has 0 aliphatic carbocycles. The highest BCUT2D eigenvalue weighted by molar-refractivity contribution is 7.99. The van der Waals surface area contributed by atoms with Crippen LogP contribution < -0.4 is 0 Å². The smallest absolute Gasteiger partial charge is 0.335 e. The van der Waals surface area contributed by atoms with Gasteiger partial charge in [-0.2, -0.15) is 0 Å². The molecule has 1 aromatic rings. The molecule has 0 saturated carbocycles. The SMILES string of the molecule is CC1(C)CCSc2cc(C(=O)O)ccc21. The van der Waals surface area contributed by atoms with Gasteiger partial charge in [-0.25, -0.2) is 4.79 Å². The molecule has 0 radical (unpaired) electrons. The van der Waals surface area contributed by atoms with Crippen LogP contribution in [0.25, 0.3) is 0 Å². The molecule has 80 valence electrons. The lowest BCUT2D eigenvalue weighted by Crippen LogP contribution is -2.22. The summed E-state index contributed by atoms with van der Waals surface area (Å²) in [5.74, 6) is 0.227. The fourth-order valence-electron chi connectivity index (χ4n) is 1.88. The molecule has 1 aliphatic rings. The second-order valence-electron chi connectivity index (χ2n) is 4.50. The van der Waals surface area contributed by atoms with Gasteiger partial charge in [0, 0.05) is 4.90 Å². The summed E-state index contributed by atoms with van der Waals surface area (Å²) in [6.45, 7) is 4.43. The Labute approximate surface area is 93.7 Å². The molecule has 0 bridgehead atoms. The summed E-state index contributed by atoms with van der Waals surface area (Å²) in [6.07, 6.45) is 1.15. The molecule has 2 nitrogen and oxygen atoms in total. The number of rotatable bonds is 1. The van der Waals surface area contributed by atoms with Gasteiger partial charge in [0.15, 0.2) is 0 Å². The number of fused-ring (bicyclic) bond motifs is 1. The molecule has 0 saturated heterocycles. The minimum atomic E-state index is -0.846. The number of benzene rings is 1. The fraction of sp³-hybridized carbons (Fsp3) is 0.417. The molecule has 0 amide bonds. The van der Waals surface area contributed by atoms with E-state index in [-0.39, 0.29) is 5.41 Å². The number of thioether (sulfide) groups is 1. The minimum Gasteiger partial charge on any atom is -0.478 e. The highest BCUT2D eigenvalue weighted by Crippen LogP contribution is 2.41. The Morgan fingerprint density at radius 2 is 2.20 bits per heavy atom. The third-order valence-corrected chi connectivity index (χ3v) is 4.00. The maximum Gasteiger partial charge on any atom is 0.335 e. The van der Waals surface area contributed by atoms with Gasteiger partial charge >= 0.3 is 5.97 Å². The zero-order valence-electron chi connectivity index (χ0n) is 8.91. The van der Waals surface area contributed by atoms with E-state index in [1.165, 1.54) is 5.56 Å². The van der Waals surface area contributed by atoms with Gasteiger partial charge in [-0.3, -0.25) is 0 Å². The number of hydrogen-bond acceptors (Lipinski definition) is 2. The first-order valence-electron chi connectivity index (χ1n) is 5.01. The average molecular weight is 222 g/mol. The van der Waals surface area contributed by atoms with E-state index in [1.807, 2.05) is 6.07 Å². The largest absolute Gasteiger partial charge is 0.478 e. The Morgan fingerprint density at radius 3 is 2.87 bits per heavy atom. The highest BCUT2D eigenvalue weighted by atomic mass is 32.2. The number of carbonyl (C=O) groups is 1. The van der Waals surface area contributed by atoms with Crippen LogP contribution in [-0.2, 0) is 5.41 Å². The summed E-state index contributed by atoms with van der Waals surface area (Å²) in [4.78, 5) is 12.0. The first-order valence-corrected chi connectivity index (χ1v) is 6.00. The van der Waals surface area contributed by atoms with Gasteiger partial charge in [-0.15, -0.1) is 11.8 Å². The van der Waals surface area contributed by atoms with Crippen molar-refractivity contribution < 1.29 is 9.90 Å². The third-order valence-electron chi connectivity index (χ3n) is 2.94.